The van der Waals surface area contributed by atoms with Gasteiger partial charge in [-0.15, -0.1) is 0 Å². The summed E-state index contributed by atoms with van der Waals surface area (Å²) in [6.07, 6.45) is -0.988. The number of aliphatic hydroxyl groups excluding tert-OH is 1. The first-order valence-electron chi connectivity index (χ1n) is 6.70. The van der Waals surface area contributed by atoms with Crippen LogP contribution in [0.15, 0.2) is 12.1 Å². The highest BCUT2D eigenvalue weighted by Crippen LogP contribution is 2.28. The van der Waals surface area contributed by atoms with Gasteiger partial charge in [0.2, 0.25) is 0 Å². The molecule has 6 heteroatoms. The maximum absolute atomic E-state index is 13.8. The lowest BCUT2D eigenvalue weighted by molar-refractivity contribution is 0.170. The second kappa shape index (κ2) is 6.12. The zero-order valence-electron chi connectivity index (χ0n) is 12.1. The maximum atomic E-state index is 13.8. The Morgan fingerprint density at radius 2 is 1.95 bits per heavy atom. The van der Waals surface area contributed by atoms with E-state index >= 15 is 0 Å². The first-order valence-corrected chi connectivity index (χ1v) is 7.08. The van der Waals surface area contributed by atoms with E-state index < -0.39 is 17.7 Å². The van der Waals surface area contributed by atoms with Gasteiger partial charge in [0.25, 0.3) is 0 Å². The smallest absolute Gasteiger partial charge is 0.131 e. The van der Waals surface area contributed by atoms with Crippen molar-refractivity contribution in [3.63, 3.8) is 0 Å². The third-order valence-electron chi connectivity index (χ3n) is 3.48. The van der Waals surface area contributed by atoms with Crippen LogP contribution in [0.4, 0.5) is 8.78 Å². The number of hydrogen-bond acceptors (Lipinski definition) is 2. The zero-order chi connectivity index (χ0) is 15.7. The topological polar surface area (TPSA) is 38.0 Å². The Hall–Kier alpha value is -1.46. The molecule has 1 unspecified atom stereocenters. The van der Waals surface area contributed by atoms with Gasteiger partial charge < -0.3 is 5.11 Å². The molecule has 2 rings (SSSR count). The van der Waals surface area contributed by atoms with Gasteiger partial charge in [0.05, 0.1) is 22.5 Å². The molecule has 1 N–H and O–H groups in total. The largest absolute Gasteiger partial charge is 0.388 e. The van der Waals surface area contributed by atoms with Gasteiger partial charge in [-0.25, -0.2) is 8.78 Å². The number of aryl methyl sites for hydroxylation is 3. The van der Waals surface area contributed by atoms with Crippen LogP contribution in [0.5, 0.6) is 0 Å². The van der Waals surface area contributed by atoms with Crippen LogP contribution in [-0.2, 0) is 13.0 Å². The summed E-state index contributed by atoms with van der Waals surface area (Å²) in [5.41, 5.74) is 1.66. The maximum Gasteiger partial charge on any atom is 0.131 e. The van der Waals surface area contributed by atoms with Gasteiger partial charge in [0.1, 0.15) is 11.6 Å². The van der Waals surface area contributed by atoms with Crippen LogP contribution in [0, 0.1) is 25.5 Å². The molecule has 0 aliphatic rings. The quantitative estimate of drug-likeness (QED) is 0.934. The number of nitrogens with zero attached hydrogens (tertiary/aromatic N) is 2. The summed E-state index contributed by atoms with van der Waals surface area (Å²) in [6.45, 7) is 5.80. The molecule has 0 fully saturated rings. The molecule has 3 nitrogen and oxygen atoms in total. The second-order valence-electron chi connectivity index (χ2n) is 5.00. The summed E-state index contributed by atoms with van der Waals surface area (Å²) in [6, 6.07) is 2.11. The molecule has 1 aromatic heterocycles. The summed E-state index contributed by atoms with van der Waals surface area (Å²) in [4.78, 5) is 0. The Balaban J connectivity index is 2.34. The van der Waals surface area contributed by atoms with Crippen molar-refractivity contribution in [1.82, 2.24) is 9.78 Å². The highest BCUT2D eigenvalue weighted by Gasteiger charge is 2.20. The lowest BCUT2D eigenvalue weighted by atomic mass is 10.0. The van der Waals surface area contributed by atoms with E-state index in [1.807, 2.05) is 6.92 Å². The molecule has 2 aromatic rings. The SMILES string of the molecule is CCn1nc(C)c(Cl)c1CC(O)c1cc(C)c(F)cc1F. The molecule has 21 heavy (non-hydrogen) atoms. The van der Waals surface area contributed by atoms with E-state index in [0.717, 1.165) is 6.07 Å². The first kappa shape index (κ1) is 15.9. The van der Waals surface area contributed by atoms with Gasteiger partial charge in [0, 0.05) is 24.6 Å². The van der Waals surface area contributed by atoms with Crippen LogP contribution in [0.2, 0.25) is 5.02 Å². The van der Waals surface area contributed by atoms with E-state index in [0.29, 0.717) is 23.0 Å². The molecule has 0 aliphatic heterocycles. The lowest BCUT2D eigenvalue weighted by Gasteiger charge is -2.14. The minimum absolute atomic E-state index is 0.0615. The minimum Gasteiger partial charge on any atom is -0.388 e. The fraction of sp³-hybridized carbons (Fsp3) is 0.400. The highest BCUT2D eigenvalue weighted by atomic mass is 35.5. The van der Waals surface area contributed by atoms with E-state index in [4.69, 9.17) is 11.6 Å². The third kappa shape index (κ3) is 3.09. The summed E-state index contributed by atoms with van der Waals surface area (Å²) in [5.74, 6) is -1.39. The molecule has 0 radical (unpaired) electrons. The molecule has 0 saturated carbocycles. The summed E-state index contributed by atoms with van der Waals surface area (Å²) in [5, 5.41) is 15.0. The van der Waals surface area contributed by atoms with E-state index in [2.05, 4.69) is 5.10 Å². The summed E-state index contributed by atoms with van der Waals surface area (Å²) >= 11 is 6.17. The lowest BCUT2D eigenvalue weighted by Crippen LogP contribution is -2.10. The van der Waals surface area contributed by atoms with Crippen molar-refractivity contribution in [2.45, 2.75) is 39.8 Å². The van der Waals surface area contributed by atoms with Crippen LogP contribution in [0.3, 0.4) is 0 Å². The molecular weight excluding hydrogens is 298 g/mol. The van der Waals surface area contributed by atoms with Crippen LogP contribution >= 0.6 is 11.6 Å². The van der Waals surface area contributed by atoms with Crippen molar-refractivity contribution in [3.8, 4) is 0 Å². The molecule has 1 aromatic carbocycles. The molecule has 114 valence electrons. The number of rotatable bonds is 4. The van der Waals surface area contributed by atoms with Crippen molar-refractivity contribution in [1.29, 1.82) is 0 Å². The van der Waals surface area contributed by atoms with Gasteiger partial charge in [-0.3, -0.25) is 4.68 Å². The molecule has 1 heterocycles. The molecule has 0 amide bonds. The normalized spacial score (nSPS) is 12.7. The van der Waals surface area contributed by atoms with E-state index in [1.165, 1.54) is 13.0 Å². The summed E-state index contributed by atoms with van der Waals surface area (Å²) < 4.78 is 28.8. The standard InChI is InChI=1S/C15H17ClF2N2O/c1-4-20-13(15(16)9(3)19-20)7-14(21)10-5-8(2)11(17)6-12(10)18/h5-6,14,21H,4,7H2,1-3H3. The molecule has 1 atom stereocenters. The fourth-order valence-corrected chi connectivity index (χ4v) is 2.50. The second-order valence-corrected chi connectivity index (χ2v) is 5.38. The van der Waals surface area contributed by atoms with E-state index in [9.17, 15) is 13.9 Å². The predicted octanol–water partition coefficient (Wildman–Crippen LogP) is 3.73. The third-order valence-corrected chi connectivity index (χ3v) is 3.97. The van der Waals surface area contributed by atoms with E-state index in [1.54, 1.807) is 11.6 Å². The van der Waals surface area contributed by atoms with Crippen LogP contribution in [0.25, 0.3) is 0 Å². The van der Waals surface area contributed by atoms with Gasteiger partial charge >= 0.3 is 0 Å². The number of aromatic nitrogens is 2. The average molecular weight is 315 g/mol. The van der Waals surface area contributed by atoms with E-state index in [-0.39, 0.29) is 17.5 Å². The monoisotopic (exact) mass is 314 g/mol. The van der Waals surface area contributed by atoms with Crippen LogP contribution in [0.1, 0.15) is 35.5 Å². The Morgan fingerprint density at radius 1 is 1.29 bits per heavy atom. The summed E-state index contributed by atoms with van der Waals surface area (Å²) in [7, 11) is 0. The fourth-order valence-electron chi connectivity index (χ4n) is 2.29. The zero-order valence-corrected chi connectivity index (χ0v) is 12.9. The van der Waals surface area contributed by atoms with Crippen molar-refractivity contribution in [2.75, 3.05) is 0 Å². The minimum atomic E-state index is -1.11. The number of benzene rings is 1. The molecule has 0 spiro atoms. The Labute approximate surface area is 127 Å². The number of hydrogen-bond donors (Lipinski definition) is 1. The first-order chi connectivity index (χ1) is 9.85. The van der Waals surface area contributed by atoms with Crippen molar-refractivity contribution in [2.24, 2.45) is 0 Å². The van der Waals surface area contributed by atoms with Crippen molar-refractivity contribution < 1.29 is 13.9 Å². The Bertz CT molecular complexity index is 670. The van der Waals surface area contributed by atoms with Crippen molar-refractivity contribution in [3.05, 3.63) is 51.3 Å². The Morgan fingerprint density at radius 3 is 2.57 bits per heavy atom. The predicted molar refractivity (Wildman–Crippen MR) is 77.4 cm³/mol. The van der Waals surface area contributed by atoms with Gasteiger partial charge in [0.15, 0.2) is 0 Å². The molecular formula is C15H17ClF2N2O. The van der Waals surface area contributed by atoms with Gasteiger partial charge in [-0.2, -0.15) is 5.10 Å². The molecule has 0 saturated heterocycles. The number of halogens is 3. The molecule has 0 aliphatic carbocycles. The van der Waals surface area contributed by atoms with Gasteiger partial charge in [-0.1, -0.05) is 11.6 Å². The van der Waals surface area contributed by atoms with Gasteiger partial charge in [-0.05, 0) is 32.4 Å². The average Bonchev–Trinajstić information content (AvgIpc) is 2.70. The Kier molecular flexibility index (Phi) is 4.64. The highest BCUT2D eigenvalue weighted by molar-refractivity contribution is 6.31. The molecule has 0 bridgehead atoms. The van der Waals surface area contributed by atoms with Crippen molar-refractivity contribution >= 4 is 11.6 Å². The van der Waals surface area contributed by atoms with Crippen LogP contribution < -0.4 is 0 Å². The van der Waals surface area contributed by atoms with Crippen LogP contribution in [-0.4, -0.2) is 14.9 Å². The number of aliphatic hydroxyl groups is 1.